The summed E-state index contributed by atoms with van der Waals surface area (Å²) in [6.07, 6.45) is 2.91. The minimum absolute atomic E-state index is 0.395. The molecule has 0 amide bonds. The Labute approximate surface area is 133 Å². The van der Waals surface area contributed by atoms with Crippen LogP contribution in [-0.4, -0.2) is 11.5 Å². The SMILES string of the molecule is CCNC(CC)c1ccccc1Sc1ncccc1Br. The molecule has 0 spiro atoms. The van der Waals surface area contributed by atoms with Crippen LogP contribution in [0.5, 0.6) is 0 Å². The van der Waals surface area contributed by atoms with Crippen LogP contribution < -0.4 is 5.32 Å². The van der Waals surface area contributed by atoms with Crippen LogP contribution in [0.4, 0.5) is 0 Å². The fourth-order valence-electron chi connectivity index (χ4n) is 2.13. The predicted molar refractivity (Wildman–Crippen MR) is 89.2 cm³/mol. The zero-order valence-corrected chi connectivity index (χ0v) is 14.2. The van der Waals surface area contributed by atoms with E-state index in [1.807, 2.05) is 18.3 Å². The molecule has 1 heterocycles. The maximum absolute atomic E-state index is 4.44. The van der Waals surface area contributed by atoms with E-state index in [0.717, 1.165) is 22.5 Å². The molecule has 1 aromatic carbocycles. The highest BCUT2D eigenvalue weighted by atomic mass is 79.9. The van der Waals surface area contributed by atoms with Crippen molar-refractivity contribution in [3.8, 4) is 0 Å². The number of aromatic nitrogens is 1. The van der Waals surface area contributed by atoms with Gasteiger partial charge in [-0.1, -0.05) is 43.8 Å². The van der Waals surface area contributed by atoms with Crippen LogP contribution in [0.2, 0.25) is 0 Å². The average Bonchev–Trinajstić information content (AvgIpc) is 2.48. The zero-order valence-electron chi connectivity index (χ0n) is 11.8. The molecule has 0 saturated heterocycles. The van der Waals surface area contributed by atoms with Crippen LogP contribution in [-0.2, 0) is 0 Å². The molecule has 0 fully saturated rings. The Morgan fingerprint density at radius 1 is 1.20 bits per heavy atom. The number of hydrogen-bond donors (Lipinski definition) is 1. The second-order valence-electron chi connectivity index (χ2n) is 4.45. The summed E-state index contributed by atoms with van der Waals surface area (Å²) in [4.78, 5) is 5.71. The number of halogens is 1. The first-order valence-corrected chi connectivity index (χ1v) is 8.47. The van der Waals surface area contributed by atoms with Gasteiger partial charge in [-0.05, 0) is 52.7 Å². The van der Waals surface area contributed by atoms with E-state index in [1.54, 1.807) is 11.8 Å². The molecule has 1 unspecified atom stereocenters. The molecule has 1 aromatic heterocycles. The fraction of sp³-hybridized carbons (Fsp3) is 0.312. The van der Waals surface area contributed by atoms with E-state index in [9.17, 15) is 0 Å². The number of nitrogens with zero attached hydrogens (tertiary/aromatic N) is 1. The van der Waals surface area contributed by atoms with E-state index in [4.69, 9.17) is 0 Å². The molecular weight excluding hydrogens is 332 g/mol. The van der Waals surface area contributed by atoms with Gasteiger partial charge in [-0.2, -0.15) is 0 Å². The molecule has 20 heavy (non-hydrogen) atoms. The van der Waals surface area contributed by atoms with Crippen molar-refractivity contribution in [1.82, 2.24) is 10.3 Å². The van der Waals surface area contributed by atoms with Gasteiger partial charge in [-0.3, -0.25) is 0 Å². The van der Waals surface area contributed by atoms with E-state index in [0.29, 0.717) is 6.04 Å². The Kier molecular flexibility index (Phi) is 6.07. The van der Waals surface area contributed by atoms with Crippen LogP contribution in [0.3, 0.4) is 0 Å². The van der Waals surface area contributed by atoms with Crippen LogP contribution in [0.1, 0.15) is 31.9 Å². The van der Waals surface area contributed by atoms with Crippen molar-refractivity contribution in [2.45, 2.75) is 36.2 Å². The Morgan fingerprint density at radius 2 is 2.00 bits per heavy atom. The van der Waals surface area contributed by atoms with Crippen LogP contribution in [0, 0.1) is 0 Å². The Bertz CT molecular complexity index is 560. The van der Waals surface area contributed by atoms with Crippen molar-refractivity contribution in [3.05, 3.63) is 52.6 Å². The predicted octanol–water partition coefficient (Wildman–Crippen LogP) is 5.06. The summed E-state index contributed by atoms with van der Waals surface area (Å²) >= 11 is 5.28. The molecule has 2 aromatic rings. The number of benzene rings is 1. The highest BCUT2D eigenvalue weighted by molar-refractivity contribution is 9.10. The molecule has 1 N–H and O–H groups in total. The van der Waals surface area contributed by atoms with Crippen LogP contribution in [0.25, 0.3) is 0 Å². The van der Waals surface area contributed by atoms with Gasteiger partial charge in [0.2, 0.25) is 0 Å². The summed E-state index contributed by atoms with van der Waals surface area (Å²) < 4.78 is 1.04. The molecule has 0 aliphatic carbocycles. The highest BCUT2D eigenvalue weighted by Crippen LogP contribution is 2.36. The first kappa shape index (κ1) is 15.5. The monoisotopic (exact) mass is 350 g/mol. The lowest BCUT2D eigenvalue weighted by atomic mass is 10.0. The Balaban J connectivity index is 2.30. The van der Waals surface area contributed by atoms with Crippen LogP contribution in [0.15, 0.2) is 57.0 Å². The molecule has 4 heteroatoms. The maximum Gasteiger partial charge on any atom is 0.115 e. The van der Waals surface area contributed by atoms with E-state index in [2.05, 4.69) is 64.3 Å². The van der Waals surface area contributed by atoms with Gasteiger partial charge in [0.1, 0.15) is 5.03 Å². The lowest BCUT2D eigenvalue weighted by Crippen LogP contribution is -2.20. The van der Waals surface area contributed by atoms with Gasteiger partial charge in [-0.25, -0.2) is 4.98 Å². The van der Waals surface area contributed by atoms with Gasteiger partial charge in [0, 0.05) is 17.1 Å². The first-order valence-electron chi connectivity index (χ1n) is 6.87. The standard InChI is InChI=1S/C16H19BrN2S/c1-3-14(18-4-2)12-8-5-6-10-15(12)20-16-13(17)9-7-11-19-16/h5-11,14,18H,3-4H2,1-2H3. The molecule has 106 valence electrons. The molecule has 0 aliphatic heterocycles. The summed E-state index contributed by atoms with van der Waals surface area (Å²) in [5.41, 5.74) is 1.35. The van der Waals surface area contributed by atoms with Gasteiger partial charge in [0.05, 0.1) is 4.47 Å². The smallest absolute Gasteiger partial charge is 0.115 e. The van der Waals surface area contributed by atoms with E-state index >= 15 is 0 Å². The number of pyridine rings is 1. The number of rotatable bonds is 6. The highest BCUT2D eigenvalue weighted by Gasteiger charge is 2.14. The van der Waals surface area contributed by atoms with Crippen molar-refractivity contribution in [2.24, 2.45) is 0 Å². The second kappa shape index (κ2) is 7.81. The van der Waals surface area contributed by atoms with Crippen molar-refractivity contribution >= 4 is 27.7 Å². The third-order valence-corrected chi connectivity index (χ3v) is 5.10. The van der Waals surface area contributed by atoms with E-state index in [1.165, 1.54) is 10.5 Å². The third-order valence-electron chi connectivity index (χ3n) is 3.08. The number of hydrogen-bond acceptors (Lipinski definition) is 3. The van der Waals surface area contributed by atoms with Gasteiger partial charge in [0.15, 0.2) is 0 Å². The summed E-state index contributed by atoms with van der Waals surface area (Å²) in [5.74, 6) is 0. The molecule has 2 rings (SSSR count). The summed E-state index contributed by atoms with van der Waals surface area (Å²) in [6.45, 7) is 5.34. The first-order chi connectivity index (χ1) is 9.76. The molecule has 0 bridgehead atoms. The lowest BCUT2D eigenvalue weighted by Gasteiger charge is -2.19. The lowest BCUT2D eigenvalue weighted by molar-refractivity contribution is 0.530. The summed E-state index contributed by atoms with van der Waals surface area (Å²) in [7, 11) is 0. The molecule has 0 saturated carbocycles. The van der Waals surface area contributed by atoms with Gasteiger partial charge in [-0.15, -0.1) is 0 Å². The largest absolute Gasteiger partial charge is 0.310 e. The van der Waals surface area contributed by atoms with E-state index in [-0.39, 0.29) is 0 Å². The van der Waals surface area contributed by atoms with Gasteiger partial charge < -0.3 is 5.32 Å². The Hall–Kier alpha value is -0.840. The van der Waals surface area contributed by atoms with Crippen molar-refractivity contribution in [1.29, 1.82) is 0 Å². The fourth-order valence-corrected chi connectivity index (χ4v) is 3.59. The molecular formula is C16H19BrN2S. The number of nitrogens with one attached hydrogen (secondary N) is 1. The van der Waals surface area contributed by atoms with Crippen molar-refractivity contribution in [3.63, 3.8) is 0 Å². The average molecular weight is 351 g/mol. The van der Waals surface area contributed by atoms with Crippen molar-refractivity contribution in [2.75, 3.05) is 6.54 Å². The maximum atomic E-state index is 4.44. The zero-order chi connectivity index (χ0) is 14.4. The van der Waals surface area contributed by atoms with Crippen LogP contribution >= 0.6 is 27.7 Å². The van der Waals surface area contributed by atoms with Gasteiger partial charge >= 0.3 is 0 Å². The minimum atomic E-state index is 0.395. The quantitative estimate of drug-likeness (QED) is 0.788. The van der Waals surface area contributed by atoms with Crippen molar-refractivity contribution < 1.29 is 0 Å². The molecule has 2 nitrogen and oxygen atoms in total. The molecule has 1 atom stereocenters. The summed E-state index contributed by atoms with van der Waals surface area (Å²) in [5, 5.41) is 4.55. The molecule has 0 aliphatic rings. The summed E-state index contributed by atoms with van der Waals surface area (Å²) in [6, 6.07) is 12.9. The second-order valence-corrected chi connectivity index (χ2v) is 6.33. The third kappa shape index (κ3) is 3.84. The normalized spacial score (nSPS) is 12.3. The van der Waals surface area contributed by atoms with E-state index < -0.39 is 0 Å². The Morgan fingerprint density at radius 3 is 2.70 bits per heavy atom. The molecule has 0 radical (unpaired) electrons. The topological polar surface area (TPSA) is 24.9 Å². The van der Waals surface area contributed by atoms with Gasteiger partial charge in [0.25, 0.3) is 0 Å². The minimum Gasteiger partial charge on any atom is -0.310 e.